The minimum atomic E-state index is -4.19. The van der Waals surface area contributed by atoms with Gasteiger partial charge in [-0.3, -0.25) is 0 Å². The number of rotatable bonds is 6. The fraction of sp³-hybridized carbons (Fsp3) is 0.522. The molecule has 2 fully saturated rings. The molecule has 2 saturated heterocycles. The van der Waals surface area contributed by atoms with Crippen LogP contribution >= 0.6 is 7.94 Å². The summed E-state index contributed by atoms with van der Waals surface area (Å²) < 4.78 is 18.9. The van der Waals surface area contributed by atoms with Gasteiger partial charge in [-0.05, 0) is 0 Å². The Balaban J connectivity index is 1.70. The average Bonchev–Trinajstić information content (AvgIpc) is 3.33. The number of nitrogens with zero attached hydrogens (tertiary/aromatic N) is 5. The van der Waals surface area contributed by atoms with Crippen molar-refractivity contribution in [3.8, 4) is 11.4 Å². The second-order valence-corrected chi connectivity index (χ2v) is 10.8. The Labute approximate surface area is 199 Å². The molecule has 0 radical (unpaired) electrons. The van der Waals surface area contributed by atoms with Crippen molar-refractivity contribution in [1.82, 2.24) is 19.7 Å². The molecule has 2 atom stereocenters. The number of aromatic nitrogens is 4. The Kier molecular flexibility index (Phi) is 6.79. The number of ether oxygens (including phenoxy) is 2. The average molecular weight is 490 g/mol. The summed E-state index contributed by atoms with van der Waals surface area (Å²) in [5, 5.41) is 5.50. The molecule has 0 bridgehead atoms. The van der Waals surface area contributed by atoms with E-state index in [1.165, 1.54) is 0 Å². The quantitative estimate of drug-likeness (QED) is 0.504. The zero-order valence-electron chi connectivity index (χ0n) is 19.6. The van der Waals surface area contributed by atoms with Gasteiger partial charge < -0.3 is 0 Å². The summed E-state index contributed by atoms with van der Waals surface area (Å²) in [6.07, 6.45) is 6.23. The topological polar surface area (TPSA) is 115 Å². The van der Waals surface area contributed by atoms with E-state index < -0.39 is 7.94 Å². The first-order valence-electron chi connectivity index (χ1n) is 11.9. The van der Waals surface area contributed by atoms with E-state index in [2.05, 4.69) is 21.9 Å². The van der Waals surface area contributed by atoms with E-state index in [4.69, 9.17) is 19.0 Å². The van der Waals surface area contributed by atoms with Crippen molar-refractivity contribution in [2.24, 2.45) is 0 Å². The molecule has 0 amide bonds. The van der Waals surface area contributed by atoms with E-state index in [9.17, 15) is 9.79 Å². The van der Waals surface area contributed by atoms with Gasteiger partial charge >= 0.3 is 199 Å². The molecule has 1 unspecified atom stereocenters. The minimum absolute atomic E-state index is 0.0911. The molecule has 11 heteroatoms. The summed E-state index contributed by atoms with van der Waals surface area (Å²) >= 11 is 0. The summed E-state index contributed by atoms with van der Waals surface area (Å²) in [4.78, 5) is 33.8. The van der Waals surface area contributed by atoms with E-state index in [-0.39, 0.29) is 18.9 Å². The van der Waals surface area contributed by atoms with Crippen LogP contribution in [0.3, 0.4) is 0 Å². The van der Waals surface area contributed by atoms with E-state index in [0.29, 0.717) is 54.1 Å². The van der Waals surface area contributed by atoms with Crippen LogP contribution in [0, 0.1) is 0 Å². The molecule has 0 aromatic carbocycles. The molecular weight excluding hydrogens is 457 g/mol. The van der Waals surface area contributed by atoms with Crippen LogP contribution < -0.4 is 10.2 Å². The Morgan fingerprint density at radius 1 is 1.21 bits per heavy atom. The maximum absolute atomic E-state index is 11.0. The summed E-state index contributed by atoms with van der Waals surface area (Å²) in [5.74, 6) is 0.646. The molecule has 0 spiro atoms. The fourth-order valence-electron chi connectivity index (χ4n) is 4.74. The molecule has 5 rings (SSSR count). The standard InChI is InChI=1S/C23H32N5O5P/c1-3-33-34(29,30)19-14-20(27-11-13-31-15-16(27)2)26-22-17(19)7-9-24-23(22)18-8-10-25-28(18)21-6-4-5-12-32-21/h7-10,14,16,21,29-30,34H,3-6,11-13,15H2,1-2H3/t16-,21?/m1/s1. The summed E-state index contributed by atoms with van der Waals surface area (Å²) in [5.41, 5.74) is 1.98. The van der Waals surface area contributed by atoms with Crippen LogP contribution in [0.2, 0.25) is 0 Å². The molecule has 2 aliphatic heterocycles. The Morgan fingerprint density at radius 3 is 2.85 bits per heavy atom. The van der Waals surface area contributed by atoms with E-state index >= 15 is 0 Å². The van der Waals surface area contributed by atoms with Crippen LogP contribution in [0.15, 0.2) is 30.6 Å². The molecule has 10 nitrogen and oxygen atoms in total. The summed E-state index contributed by atoms with van der Waals surface area (Å²) in [7, 11) is -4.19. The van der Waals surface area contributed by atoms with Crippen molar-refractivity contribution in [3.63, 3.8) is 0 Å². The normalized spacial score (nSPS) is 22.3. The Bertz CT molecular complexity index is 1150. The fourth-order valence-corrected chi connectivity index (χ4v) is 6.16. The number of pyridine rings is 2. The van der Waals surface area contributed by atoms with Crippen molar-refractivity contribution in [2.45, 2.75) is 45.4 Å². The van der Waals surface area contributed by atoms with Crippen LogP contribution in [0.25, 0.3) is 22.3 Å². The number of hydrogen-bond acceptors (Lipinski definition) is 9. The van der Waals surface area contributed by atoms with Gasteiger partial charge in [-0.1, -0.05) is 0 Å². The molecule has 3 aromatic heterocycles. The molecule has 3 aromatic rings. The maximum atomic E-state index is 11.0. The van der Waals surface area contributed by atoms with Gasteiger partial charge in [0.1, 0.15) is 0 Å². The zero-order chi connectivity index (χ0) is 23.7. The second-order valence-electron chi connectivity index (χ2n) is 8.72. The van der Waals surface area contributed by atoms with Crippen molar-refractivity contribution in [3.05, 3.63) is 30.6 Å². The van der Waals surface area contributed by atoms with Gasteiger partial charge in [-0.15, -0.1) is 0 Å². The number of anilines is 1. The molecule has 0 saturated carbocycles. The summed E-state index contributed by atoms with van der Waals surface area (Å²) in [6, 6.07) is 5.50. The second kappa shape index (κ2) is 9.81. The van der Waals surface area contributed by atoms with Gasteiger partial charge in [0, 0.05) is 0 Å². The van der Waals surface area contributed by atoms with E-state index in [1.54, 1.807) is 31.5 Å². The van der Waals surface area contributed by atoms with Gasteiger partial charge in [-0.2, -0.15) is 0 Å². The SMILES string of the molecule is CCO[PH](O)(O)c1cc(N2CCOC[C@H]2C)nc2c(-c3ccnn3C3CCCCO3)nccc12. The van der Waals surface area contributed by atoms with Crippen LogP contribution in [0.1, 0.15) is 39.3 Å². The first-order valence-corrected chi connectivity index (χ1v) is 13.7. The first-order chi connectivity index (χ1) is 16.5. The van der Waals surface area contributed by atoms with E-state index in [1.807, 2.05) is 10.7 Å². The van der Waals surface area contributed by atoms with Crippen LogP contribution in [0.5, 0.6) is 0 Å². The first kappa shape index (κ1) is 23.5. The Hall–Kier alpha value is -2.20. The van der Waals surface area contributed by atoms with E-state index in [0.717, 1.165) is 25.0 Å². The van der Waals surface area contributed by atoms with Gasteiger partial charge in [0.25, 0.3) is 0 Å². The van der Waals surface area contributed by atoms with Crippen LogP contribution in [-0.4, -0.2) is 68.5 Å². The van der Waals surface area contributed by atoms with Gasteiger partial charge in [0.15, 0.2) is 0 Å². The molecule has 2 N–H and O–H groups in total. The van der Waals surface area contributed by atoms with Crippen molar-refractivity contribution in [2.75, 3.05) is 37.9 Å². The molecule has 0 aliphatic carbocycles. The third-order valence-electron chi connectivity index (χ3n) is 6.41. The van der Waals surface area contributed by atoms with Crippen molar-refractivity contribution < 1.29 is 23.8 Å². The van der Waals surface area contributed by atoms with Crippen LogP contribution in [-0.2, 0) is 14.0 Å². The number of hydrogen-bond donors (Lipinski definition) is 2. The summed E-state index contributed by atoms with van der Waals surface area (Å²) in [6.45, 7) is 6.52. The molecule has 34 heavy (non-hydrogen) atoms. The number of fused-ring (bicyclic) bond motifs is 1. The predicted molar refractivity (Wildman–Crippen MR) is 131 cm³/mol. The molecule has 184 valence electrons. The van der Waals surface area contributed by atoms with Crippen molar-refractivity contribution >= 4 is 30.0 Å². The van der Waals surface area contributed by atoms with Crippen molar-refractivity contribution in [1.29, 1.82) is 0 Å². The zero-order valence-corrected chi connectivity index (χ0v) is 20.6. The van der Waals surface area contributed by atoms with Gasteiger partial charge in [-0.25, -0.2) is 0 Å². The third kappa shape index (κ3) is 4.42. The molecular formula is C23H32N5O5P. The van der Waals surface area contributed by atoms with Gasteiger partial charge in [0.05, 0.1) is 0 Å². The van der Waals surface area contributed by atoms with Crippen LogP contribution in [0.4, 0.5) is 5.82 Å². The Morgan fingerprint density at radius 2 is 2.09 bits per heavy atom. The van der Waals surface area contributed by atoms with Gasteiger partial charge in [0.2, 0.25) is 0 Å². The number of morpholine rings is 1. The molecule has 5 heterocycles. The third-order valence-corrected chi connectivity index (χ3v) is 8.22. The monoisotopic (exact) mass is 489 g/mol. The predicted octanol–water partition coefficient (Wildman–Crippen LogP) is 2.56. The molecule has 2 aliphatic rings.